The molecule has 2 aliphatic rings. The van der Waals surface area contributed by atoms with Gasteiger partial charge in [0.25, 0.3) is 0 Å². The smallest absolute Gasteiger partial charge is 0.350 e. The number of hydrogen-bond donors (Lipinski definition) is 2. The normalized spacial score (nSPS) is 28.8. The highest BCUT2D eigenvalue weighted by molar-refractivity contribution is 6.53. The van der Waals surface area contributed by atoms with E-state index in [1.54, 1.807) is 0 Å². The van der Waals surface area contributed by atoms with Crippen LogP contribution in [0.3, 0.4) is 0 Å². The first-order chi connectivity index (χ1) is 7.41. The van der Waals surface area contributed by atoms with Crippen molar-refractivity contribution in [2.45, 2.75) is 0 Å². The third-order valence-electron chi connectivity index (χ3n) is 2.23. The van der Waals surface area contributed by atoms with Gasteiger partial charge >= 0.3 is 9.05 Å². The highest BCUT2D eigenvalue weighted by Gasteiger charge is 2.46. The predicted molar refractivity (Wildman–Crippen MR) is 55.3 cm³/mol. The molecule has 7 heteroatoms. The molecule has 2 saturated heterocycles. The van der Waals surface area contributed by atoms with Gasteiger partial charge in [-0.25, -0.2) is 0 Å². The highest BCUT2D eigenvalue weighted by Crippen LogP contribution is 2.13. The number of rotatable bonds is 0. The lowest BCUT2D eigenvalue weighted by Crippen LogP contribution is -2.55. The van der Waals surface area contributed by atoms with Gasteiger partial charge < -0.3 is 28.3 Å². The van der Waals surface area contributed by atoms with Gasteiger partial charge in [0, 0.05) is 26.2 Å². The molecule has 0 radical (unpaired) electrons. The van der Waals surface area contributed by atoms with Crippen molar-refractivity contribution in [3.05, 3.63) is 0 Å². The fourth-order valence-electron chi connectivity index (χ4n) is 1.49. The van der Waals surface area contributed by atoms with Crippen LogP contribution in [0.1, 0.15) is 0 Å². The molecule has 2 heterocycles. The van der Waals surface area contributed by atoms with Crippen LogP contribution < -0.4 is 10.6 Å². The van der Waals surface area contributed by atoms with Crippen LogP contribution in [0.4, 0.5) is 0 Å². The highest BCUT2D eigenvalue weighted by atomic mass is 28.4. The Morgan fingerprint density at radius 1 is 0.600 bits per heavy atom. The fraction of sp³-hybridized carbons (Fsp3) is 1.00. The molecule has 0 aromatic heterocycles. The van der Waals surface area contributed by atoms with Gasteiger partial charge in [-0.15, -0.1) is 0 Å². The van der Waals surface area contributed by atoms with E-state index in [4.69, 9.17) is 17.7 Å². The van der Waals surface area contributed by atoms with Crippen molar-refractivity contribution in [3.8, 4) is 0 Å². The third-order valence-corrected chi connectivity index (χ3v) is 4.46. The molecule has 88 valence electrons. The average molecular weight is 234 g/mol. The fourth-order valence-corrected chi connectivity index (χ4v) is 3.40. The lowest BCUT2D eigenvalue weighted by Gasteiger charge is -2.31. The maximum Gasteiger partial charge on any atom is 0.679 e. The first-order valence-corrected chi connectivity index (χ1v) is 7.02. The van der Waals surface area contributed by atoms with E-state index >= 15 is 0 Å². The van der Waals surface area contributed by atoms with Crippen molar-refractivity contribution in [2.75, 3.05) is 52.6 Å². The van der Waals surface area contributed by atoms with E-state index in [0.29, 0.717) is 26.4 Å². The van der Waals surface area contributed by atoms with Crippen molar-refractivity contribution in [1.82, 2.24) is 10.6 Å². The summed E-state index contributed by atoms with van der Waals surface area (Å²) in [7, 11) is -2.81. The predicted octanol–water partition coefficient (Wildman–Crippen LogP) is -1.31. The monoisotopic (exact) mass is 234 g/mol. The molecule has 0 unspecified atom stereocenters. The summed E-state index contributed by atoms with van der Waals surface area (Å²) in [6.45, 7) is 5.62. The van der Waals surface area contributed by atoms with Gasteiger partial charge in [-0.05, 0) is 0 Å². The molecule has 0 aliphatic carbocycles. The molecule has 6 nitrogen and oxygen atoms in total. The summed E-state index contributed by atoms with van der Waals surface area (Å²) >= 11 is 0. The van der Waals surface area contributed by atoms with Crippen LogP contribution >= 0.6 is 0 Å². The molecule has 0 bridgehead atoms. The first-order valence-electron chi connectivity index (χ1n) is 5.39. The van der Waals surface area contributed by atoms with Crippen LogP contribution in [0.15, 0.2) is 0 Å². The minimum atomic E-state index is -2.81. The van der Waals surface area contributed by atoms with E-state index in [1.165, 1.54) is 0 Å². The van der Waals surface area contributed by atoms with Crippen molar-refractivity contribution in [1.29, 1.82) is 0 Å². The maximum absolute atomic E-state index is 5.63. The van der Waals surface area contributed by atoms with E-state index in [9.17, 15) is 0 Å². The van der Waals surface area contributed by atoms with Crippen LogP contribution in [-0.2, 0) is 17.7 Å². The Labute approximate surface area is 90.7 Å². The summed E-state index contributed by atoms with van der Waals surface area (Å²) in [4.78, 5) is 0. The van der Waals surface area contributed by atoms with Gasteiger partial charge in [0.2, 0.25) is 0 Å². The second-order valence-corrected chi connectivity index (χ2v) is 5.55. The Hall–Kier alpha value is -0.0231. The zero-order valence-electron chi connectivity index (χ0n) is 8.79. The number of hydrogen-bond acceptors (Lipinski definition) is 6. The molecule has 2 rings (SSSR count). The summed E-state index contributed by atoms with van der Waals surface area (Å²) in [6.07, 6.45) is 0. The van der Waals surface area contributed by atoms with Gasteiger partial charge in [-0.1, -0.05) is 0 Å². The van der Waals surface area contributed by atoms with Crippen LogP contribution in [-0.4, -0.2) is 61.7 Å². The summed E-state index contributed by atoms with van der Waals surface area (Å²) in [5.41, 5.74) is 0. The van der Waals surface area contributed by atoms with E-state index in [0.717, 1.165) is 26.2 Å². The molecular formula is C8H18N2O4Si. The molecule has 0 amide bonds. The Morgan fingerprint density at radius 2 is 0.933 bits per heavy atom. The standard InChI is InChI=1S/C8H18N2O4Si/c1-5-11-15(12-6-2-9-1)13-7-3-10-4-8-14-15/h9-10H,1-8H2. The summed E-state index contributed by atoms with van der Waals surface area (Å²) < 4.78 is 22.5. The molecule has 2 N–H and O–H groups in total. The van der Waals surface area contributed by atoms with Crippen LogP contribution in [0.5, 0.6) is 0 Å². The number of nitrogens with one attached hydrogen (secondary N) is 2. The van der Waals surface area contributed by atoms with Gasteiger partial charge in [0.15, 0.2) is 0 Å². The first kappa shape index (κ1) is 11.5. The summed E-state index contributed by atoms with van der Waals surface area (Å²) in [5, 5.41) is 6.37. The molecule has 2 fully saturated rings. The van der Waals surface area contributed by atoms with Crippen LogP contribution in [0.25, 0.3) is 0 Å². The lowest BCUT2D eigenvalue weighted by molar-refractivity contribution is -0.0435. The minimum absolute atomic E-state index is 0.583. The van der Waals surface area contributed by atoms with Gasteiger partial charge in [0.05, 0.1) is 26.4 Å². The zero-order valence-corrected chi connectivity index (χ0v) is 9.79. The Kier molecular flexibility index (Phi) is 4.51. The van der Waals surface area contributed by atoms with E-state index in [-0.39, 0.29) is 0 Å². The Bertz CT molecular complexity index is 156. The molecule has 15 heavy (non-hydrogen) atoms. The zero-order chi connectivity index (χ0) is 10.4. The second kappa shape index (κ2) is 5.90. The van der Waals surface area contributed by atoms with Crippen molar-refractivity contribution < 1.29 is 17.7 Å². The SMILES string of the molecule is C1CO[Si]2(OCCN1)OCCNCCO2. The van der Waals surface area contributed by atoms with Crippen molar-refractivity contribution >= 4 is 9.05 Å². The summed E-state index contributed by atoms with van der Waals surface area (Å²) in [6, 6.07) is 0. The van der Waals surface area contributed by atoms with E-state index < -0.39 is 9.05 Å². The van der Waals surface area contributed by atoms with Gasteiger partial charge in [-0.2, -0.15) is 0 Å². The average Bonchev–Trinajstić information content (AvgIpc) is 2.15. The van der Waals surface area contributed by atoms with Crippen molar-refractivity contribution in [3.63, 3.8) is 0 Å². The van der Waals surface area contributed by atoms with Gasteiger partial charge in [-0.3, -0.25) is 0 Å². The molecule has 1 spiro atoms. The molecule has 0 atom stereocenters. The molecular weight excluding hydrogens is 216 g/mol. The Morgan fingerprint density at radius 3 is 1.27 bits per heavy atom. The minimum Gasteiger partial charge on any atom is -0.350 e. The van der Waals surface area contributed by atoms with E-state index in [1.807, 2.05) is 0 Å². The third kappa shape index (κ3) is 3.49. The van der Waals surface area contributed by atoms with Crippen molar-refractivity contribution in [2.24, 2.45) is 0 Å². The topological polar surface area (TPSA) is 61.0 Å². The molecule has 2 aliphatic heterocycles. The van der Waals surface area contributed by atoms with Crippen LogP contribution in [0, 0.1) is 0 Å². The maximum atomic E-state index is 5.63. The molecule has 0 aromatic carbocycles. The largest absolute Gasteiger partial charge is 0.679 e. The molecule has 0 saturated carbocycles. The van der Waals surface area contributed by atoms with Gasteiger partial charge in [0.1, 0.15) is 0 Å². The molecule has 0 aromatic rings. The summed E-state index contributed by atoms with van der Waals surface area (Å²) in [5.74, 6) is 0. The second-order valence-electron chi connectivity index (χ2n) is 3.39. The Balaban J connectivity index is 1.92. The lowest BCUT2D eigenvalue weighted by atomic mass is 10.6. The van der Waals surface area contributed by atoms with E-state index in [2.05, 4.69) is 10.6 Å². The quantitative estimate of drug-likeness (QED) is 0.508. The van der Waals surface area contributed by atoms with Crippen LogP contribution in [0.2, 0.25) is 0 Å².